The number of hydrogen-bond donors (Lipinski definition) is 1. The van der Waals surface area contributed by atoms with E-state index in [0.29, 0.717) is 18.5 Å². The van der Waals surface area contributed by atoms with E-state index in [-0.39, 0.29) is 5.91 Å². The Morgan fingerprint density at radius 1 is 1.17 bits per heavy atom. The highest BCUT2D eigenvalue weighted by Crippen LogP contribution is 2.16. The van der Waals surface area contributed by atoms with Gasteiger partial charge in [0.2, 0.25) is 0 Å². The number of benzene rings is 1. The molecule has 3 heterocycles. The highest BCUT2D eigenvalue weighted by Gasteiger charge is 2.19. The fourth-order valence-corrected chi connectivity index (χ4v) is 4.27. The van der Waals surface area contributed by atoms with E-state index in [2.05, 4.69) is 42.5 Å². The van der Waals surface area contributed by atoms with Gasteiger partial charge in [0.05, 0.1) is 7.11 Å². The fraction of sp³-hybridized carbons (Fsp3) is 0.381. The van der Waals surface area contributed by atoms with E-state index in [1.54, 1.807) is 42.7 Å². The lowest BCUT2D eigenvalue weighted by Gasteiger charge is -2.18. The number of amides is 1. The Labute approximate surface area is 174 Å². The minimum atomic E-state index is -0.0922. The number of aromatic nitrogens is 3. The maximum Gasteiger partial charge on any atom is 0.251 e. The number of nitrogens with zero attached hydrogens (tertiary/aromatic N) is 4. The molecule has 0 unspecified atom stereocenters. The Morgan fingerprint density at radius 2 is 2.03 bits per heavy atom. The number of hydrogen-bond acceptors (Lipinski definition) is 6. The summed E-state index contributed by atoms with van der Waals surface area (Å²) < 4.78 is 7.34. The zero-order valence-electron chi connectivity index (χ0n) is 16.5. The van der Waals surface area contributed by atoms with E-state index < -0.39 is 0 Å². The second kappa shape index (κ2) is 9.19. The minimum absolute atomic E-state index is 0.0922. The number of nitrogens with one attached hydrogen (secondary N) is 1. The summed E-state index contributed by atoms with van der Waals surface area (Å²) >= 11 is 1.80. The number of fused-ring (bicyclic) bond motifs is 1. The molecule has 1 amide bonds. The maximum absolute atomic E-state index is 12.3. The van der Waals surface area contributed by atoms with E-state index in [1.165, 1.54) is 4.88 Å². The van der Waals surface area contributed by atoms with Crippen molar-refractivity contribution < 1.29 is 9.53 Å². The monoisotopic (exact) mass is 411 g/mol. The first-order chi connectivity index (χ1) is 14.2. The summed E-state index contributed by atoms with van der Waals surface area (Å²) in [6, 6.07) is 11.4. The van der Waals surface area contributed by atoms with Crippen molar-refractivity contribution in [2.75, 3.05) is 26.7 Å². The number of carbonyl (C=O) groups is 1. The number of thiophene rings is 1. The fourth-order valence-electron chi connectivity index (χ4n) is 3.53. The molecule has 0 aliphatic carbocycles. The molecular weight excluding hydrogens is 386 g/mol. The maximum atomic E-state index is 12.3. The van der Waals surface area contributed by atoms with Crippen LogP contribution in [0.3, 0.4) is 0 Å². The van der Waals surface area contributed by atoms with E-state index >= 15 is 0 Å². The van der Waals surface area contributed by atoms with Crippen molar-refractivity contribution in [2.45, 2.75) is 25.9 Å². The van der Waals surface area contributed by atoms with Crippen LogP contribution in [0, 0.1) is 0 Å². The lowest BCUT2D eigenvalue weighted by atomic mass is 10.2. The lowest BCUT2D eigenvalue weighted by Crippen LogP contribution is -2.27. The molecule has 29 heavy (non-hydrogen) atoms. The molecule has 8 heteroatoms. The van der Waals surface area contributed by atoms with Gasteiger partial charge in [0, 0.05) is 56.0 Å². The summed E-state index contributed by atoms with van der Waals surface area (Å²) in [5.41, 5.74) is 0.620. The average Bonchev–Trinajstić information content (AvgIpc) is 3.35. The quantitative estimate of drug-likeness (QED) is 0.646. The van der Waals surface area contributed by atoms with Crippen molar-refractivity contribution >= 4 is 17.2 Å². The van der Waals surface area contributed by atoms with Crippen molar-refractivity contribution in [3.05, 3.63) is 63.9 Å². The third-order valence-electron chi connectivity index (χ3n) is 5.14. The van der Waals surface area contributed by atoms with Crippen LogP contribution in [0.2, 0.25) is 0 Å². The van der Waals surface area contributed by atoms with Crippen LogP contribution in [0.25, 0.3) is 0 Å². The van der Waals surface area contributed by atoms with Gasteiger partial charge in [-0.05, 0) is 35.7 Å². The Hall–Kier alpha value is -2.71. The third kappa shape index (κ3) is 4.83. The molecule has 0 fully saturated rings. The van der Waals surface area contributed by atoms with Crippen molar-refractivity contribution in [3.63, 3.8) is 0 Å². The smallest absolute Gasteiger partial charge is 0.251 e. The average molecular weight is 412 g/mol. The molecule has 1 N–H and O–H groups in total. The van der Waals surface area contributed by atoms with Crippen LogP contribution in [0.5, 0.6) is 5.75 Å². The Balaban J connectivity index is 1.30. The molecule has 4 rings (SSSR count). The molecule has 0 bridgehead atoms. The van der Waals surface area contributed by atoms with E-state index in [9.17, 15) is 4.79 Å². The number of methoxy groups -OCH3 is 1. The standard InChI is InChI=1S/C21H25N5O2S/c1-28-17-6-4-16(5-7-17)21(27)22-10-8-19-23-24-20-9-11-25(12-13-26(19)20)15-18-3-2-14-29-18/h2-7,14H,8-13,15H2,1H3,(H,22,27). The van der Waals surface area contributed by atoms with Gasteiger partial charge in [-0.1, -0.05) is 6.07 Å². The molecule has 0 radical (unpaired) electrons. The summed E-state index contributed by atoms with van der Waals surface area (Å²) in [4.78, 5) is 16.2. The van der Waals surface area contributed by atoms with E-state index in [1.807, 2.05) is 0 Å². The second-order valence-corrected chi connectivity index (χ2v) is 8.06. The van der Waals surface area contributed by atoms with Crippen molar-refractivity contribution in [2.24, 2.45) is 0 Å². The predicted octanol–water partition coefficient (Wildman–Crippen LogP) is 2.38. The Bertz CT molecular complexity index is 937. The minimum Gasteiger partial charge on any atom is -0.497 e. The van der Waals surface area contributed by atoms with Crippen LogP contribution in [0.4, 0.5) is 0 Å². The molecule has 0 atom stereocenters. The summed E-state index contributed by atoms with van der Waals surface area (Å²) in [5, 5.41) is 13.8. The van der Waals surface area contributed by atoms with Crippen molar-refractivity contribution in [3.8, 4) is 5.75 Å². The van der Waals surface area contributed by atoms with Crippen LogP contribution in [0.15, 0.2) is 41.8 Å². The van der Waals surface area contributed by atoms with Gasteiger partial charge in [-0.3, -0.25) is 9.69 Å². The van der Waals surface area contributed by atoms with Gasteiger partial charge in [-0.25, -0.2) is 0 Å². The molecule has 7 nitrogen and oxygen atoms in total. The Morgan fingerprint density at radius 3 is 2.79 bits per heavy atom. The molecular formula is C21H25N5O2S. The largest absolute Gasteiger partial charge is 0.497 e. The van der Waals surface area contributed by atoms with Gasteiger partial charge < -0.3 is 14.6 Å². The molecule has 1 aliphatic heterocycles. The SMILES string of the molecule is COc1ccc(C(=O)NCCc2nnc3n2CCN(Cc2cccs2)CC3)cc1. The van der Waals surface area contributed by atoms with Crippen LogP contribution in [-0.2, 0) is 25.9 Å². The Kier molecular flexibility index (Phi) is 6.21. The first-order valence-corrected chi connectivity index (χ1v) is 10.7. The lowest BCUT2D eigenvalue weighted by molar-refractivity contribution is 0.0954. The van der Waals surface area contributed by atoms with Gasteiger partial charge in [0.15, 0.2) is 0 Å². The molecule has 3 aromatic rings. The highest BCUT2D eigenvalue weighted by molar-refractivity contribution is 7.09. The second-order valence-electron chi connectivity index (χ2n) is 7.02. The van der Waals surface area contributed by atoms with Crippen LogP contribution >= 0.6 is 11.3 Å². The normalized spacial score (nSPS) is 14.2. The first-order valence-electron chi connectivity index (χ1n) is 9.81. The van der Waals surface area contributed by atoms with E-state index in [0.717, 1.165) is 50.0 Å². The summed E-state index contributed by atoms with van der Waals surface area (Å²) in [6.07, 6.45) is 1.57. The third-order valence-corrected chi connectivity index (χ3v) is 6.00. The summed E-state index contributed by atoms with van der Waals surface area (Å²) in [6.45, 7) is 4.37. The molecule has 1 aliphatic rings. The number of ether oxygens (including phenoxy) is 1. The molecule has 0 saturated carbocycles. The van der Waals surface area contributed by atoms with Crippen molar-refractivity contribution in [1.82, 2.24) is 25.0 Å². The molecule has 0 saturated heterocycles. The highest BCUT2D eigenvalue weighted by atomic mass is 32.1. The number of carbonyl (C=O) groups excluding carboxylic acids is 1. The molecule has 1 aromatic carbocycles. The first kappa shape index (κ1) is 19.6. The molecule has 0 spiro atoms. The van der Waals surface area contributed by atoms with Gasteiger partial charge >= 0.3 is 0 Å². The van der Waals surface area contributed by atoms with Crippen LogP contribution in [-0.4, -0.2) is 52.3 Å². The summed E-state index contributed by atoms with van der Waals surface area (Å²) in [7, 11) is 1.61. The zero-order chi connectivity index (χ0) is 20.1. The van der Waals surface area contributed by atoms with Gasteiger partial charge in [-0.2, -0.15) is 0 Å². The predicted molar refractivity (Wildman–Crippen MR) is 112 cm³/mol. The molecule has 2 aromatic heterocycles. The van der Waals surface area contributed by atoms with Crippen molar-refractivity contribution in [1.29, 1.82) is 0 Å². The van der Waals surface area contributed by atoms with Gasteiger partial charge in [0.1, 0.15) is 17.4 Å². The van der Waals surface area contributed by atoms with E-state index in [4.69, 9.17) is 4.74 Å². The van der Waals surface area contributed by atoms with Crippen LogP contribution in [0.1, 0.15) is 26.9 Å². The molecule has 152 valence electrons. The number of rotatable bonds is 7. The zero-order valence-corrected chi connectivity index (χ0v) is 17.3. The topological polar surface area (TPSA) is 72.3 Å². The van der Waals surface area contributed by atoms with Gasteiger partial charge in [-0.15, -0.1) is 21.5 Å². The van der Waals surface area contributed by atoms with Gasteiger partial charge in [0.25, 0.3) is 5.91 Å². The van der Waals surface area contributed by atoms with Crippen LogP contribution < -0.4 is 10.1 Å². The summed E-state index contributed by atoms with van der Waals surface area (Å²) in [5.74, 6) is 2.62.